The number of methoxy groups -OCH3 is 1. The summed E-state index contributed by atoms with van der Waals surface area (Å²) in [7, 11) is 1.34. The quantitative estimate of drug-likeness (QED) is 0.392. The van der Waals surface area contributed by atoms with Crippen LogP contribution in [0, 0.1) is 5.92 Å². The van der Waals surface area contributed by atoms with E-state index in [1.807, 2.05) is 19.9 Å². The number of carbonyl (C=O) groups is 3. The lowest BCUT2D eigenvalue weighted by Crippen LogP contribution is -2.43. The van der Waals surface area contributed by atoms with Gasteiger partial charge in [0.1, 0.15) is 18.8 Å². The lowest BCUT2D eigenvalue weighted by Gasteiger charge is -2.34. The summed E-state index contributed by atoms with van der Waals surface area (Å²) in [5.41, 5.74) is 0.970. The average molecular weight is 354 g/mol. The summed E-state index contributed by atoms with van der Waals surface area (Å²) >= 11 is 0. The first kappa shape index (κ1) is 20.9. The number of hydrogen-bond donors (Lipinski definition) is 0. The van der Waals surface area contributed by atoms with Crippen molar-refractivity contribution in [1.29, 1.82) is 0 Å². The number of hydrogen-bond acceptors (Lipinski definition) is 7. The Hall–Kier alpha value is -2.15. The van der Waals surface area contributed by atoms with Crippen molar-refractivity contribution in [1.82, 2.24) is 0 Å². The van der Waals surface area contributed by atoms with Crippen LogP contribution in [-0.4, -0.2) is 49.9 Å². The summed E-state index contributed by atoms with van der Waals surface area (Å²) in [5, 5.41) is 0. The Bertz CT molecular complexity index is 550. The molecule has 1 heterocycles. The normalized spacial score (nSPS) is 24.4. The van der Waals surface area contributed by atoms with Crippen molar-refractivity contribution >= 4 is 17.9 Å². The molecule has 1 aliphatic rings. The van der Waals surface area contributed by atoms with Crippen molar-refractivity contribution in [2.24, 2.45) is 5.92 Å². The number of rotatable bonds is 7. The third-order valence-electron chi connectivity index (χ3n) is 3.97. The molecule has 1 rings (SSSR count). The molecule has 1 aliphatic heterocycles. The average Bonchev–Trinajstić information content (AvgIpc) is 2.57. The Morgan fingerprint density at radius 2 is 1.84 bits per heavy atom. The first-order valence-corrected chi connectivity index (χ1v) is 8.12. The van der Waals surface area contributed by atoms with E-state index in [9.17, 15) is 14.4 Å². The minimum Gasteiger partial charge on any atom is -0.469 e. The molecule has 25 heavy (non-hydrogen) atoms. The highest BCUT2D eigenvalue weighted by molar-refractivity contribution is 5.71. The van der Waals surface area contributed by atoms with E-state index < -0.39 is 24.1 Å². The molecule has 140 valence electrons. The predicted octanol–water partition coefficient (Wildman–Crippen LogP) is 1.95. The fourth-order valence-corrected chi connectivity index (χ4v) is 2.37. The monoisotopic (exact) mass is 354 g/mol. The van der Waals surface area contributed by atoms with Crippen molar-refractivity contribution in [2.45, 2.75) is 52.4 Å². The molecule has 0 saturated carbocycles. The van der Waals surface area contributed by atoms with Gasteiger partial charge >= 0.3 is 17.9 Å². The van der Waals surface area contributed by atoms with Gasteiger partial charge < -0.3 is 18.9 Å². The molecular weight excluding hydrogens is 328 g/mol. The van der Waals surface area contributed by atoms with E-state index in [1.54, 1.807) is 12.2 Å². The van der Waals surface area contributed by atoms with Crippen molar-refractivity contribution in [3.8, 4) is 0 Å². The van der Waals surface area contributed by atoms with Crippen LogP contribution in [0.15, 0.2) is 23.8 Å². The summed E-state index contributed by atoms with van der Waals surface area (Å²) in [6.07, 6.45) is 4.06. The zero-order chi connectivity index (χ0) is 19.0. The molecule has 4 atom stereocenters. The summed E-state index contributed by atoms with van der Waals surface area (Å²) < 4.78 is 20.8. The first-order chi connectivity index (χ1) is 11.7. The van der Waals surface area contributed by atoms with Crippen LogP contribution >= 0.6 is 0 Å². The van der Waals surface area contributed by atoms with Crippen LogP contribution in [-0.2, 0) is 33.3 Å². The minimum absolute atomic E-state index is 0.00817. The SMILES string of the molecule is COC(=O)C/C=C(\C)[C@@H](C)[C@@H]1C=C[C@H](OC(C)=O)[C@@H](COC(C)=O)O1. The molecule has 0 aromatic carbocycles. The standard InChI is InChI=1S/C18H26O7/c1-11(6-9-18(21)22-5)12(2)15-7-8-16(24-14(4)20)17(25-15)10-23-13(3)19/h6-8,12,15-17H,9-10H2,1-5H3/b11-6+/t12-,15+,16+,17-/m1/s1. The van der Waals surface area contributed by atoms with E-state index >= 15 is 0 Å². The second-order valence-corrected chi connectivity index (χ2v) is 5.92. The van der Waals surface area contributed by atoms with Crippen LogP contribution in [0.2, 0.25) is 0 Å². The van der Waals surface area contributed by atoms with E-state index in [0.717, 1.165) is 5.57 Å². The molecule has 0 amide bonds. The highest BCUT2D eigenvalue weighted by atomic mass is 16.6. The molecule has 7 nitrogen and oxygen atoms in total. The summed E-state index contributed by atoms with van der Waals surface area (Å²) in [4.78, 5) is 33.5. The van der Waals surface area contributed by atoms with Crippen LogP contribution in [0.5, 0.6) is 0 Å². The second-order valence-electron chi connectivity index (χ2n) is 5.92. The topological polar surface area (TPSA) is 88.1 Å². The predicted molar refractivity (Wildman–Crippen MR) is 89.5 cm³/mol. The van der Waals surface area contributed by atoms with E-state index in [4.69, 9.17) is 14.2 Å². The molecule has 0 aliphatic carbocycles. The van der Waals surface area contributed by atoms with Crippen LogP contribution in [0.3, 0.4) is 0 Å². The van der Waals surface area contributed by atoms with Gasteiger partial charge in [-0.1, -0.05) is 24.6 Å². The zero-order valence-electron chi connectivity index (χ0n) is 15.3. The molecule has 0 bridgehead atoms. The van der Waals surface area contributed by atoms with Gasteiger partial charge in [0.25, 0.3) is 0 Å². The van der Waals surface area contributed by atoms with Crippen LogP contribution < -0.4 is 0 Å². The molecule has 0 unspecified atom stereocenters. The van der Waals surface area contributed by atoms with Crippen LogP contribution in [0.1, 0.15) is 34.1 Å². The maximum Gasteiger partial charge on any atom is 0.309 e. The van der Waals surface area contributed by atoms with Crippen molar-refractivity contribution < 1.29 is 33.3 Å². The molecule has 0 aromatic heterocycles. The summed E-state index contributed by atoms with van der Waals surface area (Å²) in [6.45, 7) is 6.48. The molecule has 0 N–H and O–H groups in total. The van der Waals surface area contributed by atoms with Gasteiger partial charge in [-0.25, -0.2) is 0 Å². The van der Waals surface area contributed by atoms with Crippen molar-refractivity contribution in [3.05, 3.63) is 23.8 Å². The number of esters is 3. The Balaban J connectivity index is 2.81. The smallest absolute Gasteiger partial charge is 0.309 e. The molecule has 7 heteroatoms. The maximum absolute atomic E-state index is 11.3. The Morgan fingerprint density at radius 3 is 2.40 bits per heavy atom. The third kappa shape index (κ3) is 7.09. The van der Waals surface area contributed by atoms with Gasteiger partial charge in [-0.2, -0.15) is 0 Å². The molecule has 0 spiro atoms. The fraction of sp³-hybridized carbons (Fsp3) is 0.611. The van der Waals surface area contributed by atoms with Crippen LogP contribution in [0.4, 0.5) is 0 Å². The number of ether oxygens (including phenoxy) is 4. The van der Waals surface area contributed by atoms with Gasteiger partial charge in [0.2, 0.25) is 0 Å². The lowest BCUT2D eigenvalue weighted by atomic mass is 9.92. The highest BCUT2D eigenvalue weighted by Gasteiger charge is 2.33. The summed E-state index contributed by atoms with van der Waals surface area (Å²) in [6, 6.07) is 0. The van der Waals surface area contributed by atoms with Crippen molar-refractivity contribution in [2.75, 3.05) is 13.7 Å². The molecular formula is C18H26O7. The Kier molecular flexibility index (Phi) is 8.34. The molecule has 0 fully saturated rings. The Morgan fingerprint density at radius 1 is 1.16 bits per heavy atom. The van der Waals surface area contributed by atoms with Gasteiger partial charge in [-0.05, 0) is 13.0 Å². The summed E-state index contributed by atoms with van der Waals surface area (Å²) in [5.74, 6) is -1.20. The number of carbonyl (C=O) groups excluding carboxylic acids is 3. The molecule has 0 aromatic rings. The zero-order valence-corrected chi connectivity index (χ0v) is 15.3. The van der Waals surface area contributed by atoms with Gasteiger partial charge in [0.15, 0.2) is 0 Å². The van der Waals surface area contributed by atoms with Gasteiger partial charge in [0.05, 0.1) is 19.6 Å². The van der Waals surface area contributed by atoms with E-state index in [2.05, 4.69) is 4.74 Å². The van der Waals surface area contributed by atoms with Gasteiger partial charge in [-0.3, -0.25) is 14.4 Å². The molecule has 0 saturated heterocycles. The van der Waals surface area contributed by atoms with Crippen molar-refractivity contribution in [3.63, 3.8) is 0 Å². The van der Waals surface area contributed by atoms with E-state index in [0.29, 0.717) is 0 Å². The lowest BCUT2D eigenvalue weighted by molar-refractivity contribution is -0.164. The largest absolute Gasteiger partial charge is 0.469 e. The third-order valence-corrected chi connectivity index (χ3v) is 3.97. The van der Waals surface area contributed by atoms with E-state index in [1.165, 1.54) is 21.0 Å². The minimum atomic E-state index is -0.611. The fourth-order valence-electron chi connectivity index (χ4n) is 2.37. The maximum atomic E-state index is 11.3. The van der Waals surface area contributed by atoms with Gasteiger partial charge in [-0.15, -0.1) is 0 Å². The van der Waals surface area contributed by atoms with E-state index in [-0.39, 0.29) is 31.0 Å². The van der Waals surface area contributed by atoms with Gasteiger partial charge in [0, 0.05) is 19.8 Å². The highest BCUT2D eigenvalue weighted by Crippen LogP contribution is 2.26. The first-order valence-electron chi connectivity index (χ1n) is 8.12. The Labute approximate surface area is 147 Å². The van der Waals surface area contributed by atoms with Crippen LogP contribution in [0.25, 0.3) is 0 Å². The molecule has 0 radical (unpaired) electrons. The second kappa shape index (κ2) is 9.98.